The molecule has 0 aromatic heterocycles. The van der Waals surface area contributed by atoms with Gasteiger partial charge in [0, 0.05) is 0 Å². The van der Waals surface area contributed by atoms with Crippen molar-refractivity contribution in [1.29, 1.82) is 0 Å². The summed E-state index contributed by atoms with van der Waals surface area (Å²) < 4.78 is 2.10. The second-order valence-corrected chi connectivity index (χ2v) is 15.9. The van der Waals surface area contributed by atoms with E-state index in [1.807, 2.05) is 0 Å². The molecule has 0 aliphatic carbocycles. The first-order valence-corrected chi connectivity index (χ1v) is 14.4. The third kappa shape index (κ3) is 4.87. The van der Waals surface area contributed by atoms with Crippen molar-refractivity contribution in [3.05, 3.63) is 88.2 Å². The summed E-state index contributed by atoms with van der Waals surface area (Å²) in [6, 6.07) is 16.5. The average molecular weight is 416 g/mol. The molecule has 0 saturated heterocycles. The minimum absolute atomic E-state index is 0.251. The Morgan fingerprint density at radius 3 is 2.17 bits per heavy atom. The highest BCUT2D eigenvalue weighted by Gasteiger charge is 2.31. The van der Waals surface area contributed by atoms with E-state index >= 15 is 0 Å². The Hall–Kier alpha value is -2.32. The highest BCUT2D eigenvalue weighted by molar-refractivity contribution is 6.84. The maximum Gasteiger partial charge on any atom is 0.147 e. The Kier molecular flexibility index (Phi) is 6.02. The van der Waals surface area contributed by atoms with E-state index in [9.17, 15) is 0 Å². The fraction of sp³-hybridized carbons (Fsp3) is 0.357. The summed E-state index contributed by atoms with van der Waals surface area (Å²) in [4.78, 5) is 0. The van der Waals surface area contributed by atoms with Gasteiger partial charge in [-0.2, -0.15) is 0 Å². The van der Waals surface area contributed by atoms with Gasteiger partial charge in [0.2, 0.25) is 0 Å². The van der Waals surface area contributed by atoms with Crippen molar-refractivity contribution in [2.24, 2.45) is 5.41 Å². The number of benzene rings is 2. The van der Waals surface area contributed by atoms with Crippen LogP contribution in [-0.4, -0.2) is 19.4 Å². The Balaban J connectivity index is 2.08. The topological polar surface area (TPSA) is 3.01 Å². The molecule has 0 amide bonds. The first kappa shape index (κ1) is 22.4. The van der Waals surface area contributed by atoms with E-state index in [0.29, 0.717) is 0 Å². The predicted octanol–water partition coefficient (Wildman–Crippen LogP) is 7.70. The van der Waals surface area contributed by atoms with E-state index in [-0.39, 0.29) is 5.41 Å². The smallest absolute Gasteiger partial charge is 0.147 e. The van der Waals surface area contributed by atoms with Crippen molar-refractivity contribution in [3.63, 3.8) is 0 Å². The molecular formula is C28H37NSi. The van der Waals surface area contributed by atoms with Crippen LogP contribution in [0.1, 0.15) is 43.9 Å². The van der Waals surface area contributed by atoms with Gasteiger partial charge in [0.15, 0.2) is 0 Å². The first-order valence-electron chi connectivity index (χ1n) is 10.9. The van der Waals surface area contributed by atoms with Gasteiger partial charge in [-0.25, -0.2) is 0 Å². The van der Waals surface area contributed by atoms with Gasteiger partial charge in [-0.15, -0.1) is 0 Å². The van der Waals surface area contributed by atoms with Crippen LogP contribution in [-0.2, 0) is 0 Å². The zero-order valence-electron chi connectivity index (χ0n) is 20.1. The van der Waals surface area contributed by atoms with Gasteiger partial charge in [-0.1, -0.05) is 107 Å². The van der Waals surface area contributed by atoms with Crippen LogP contribution in [0.4, 0.5) is 0 Å². The van der Waals surface area contributed by atoms with E-state index in [1.165, 1.54) is 44.6 Å². The number of nitrogens with zero attached hydrogens (tertiary/aromatic N) is 1. The molecule has 0 spiro atoms. The van der Waals surface area contributed by atoms with Crippen LogP contribution in [0, 0.1) is 25.3 Å². The lowest BCUT2D eigenvalue weighted by molar-refractivity contribution is -0.418. The fourth-order valence-electron chi connectivity index (χ4n) is 4.28. The number of aryl methyl sites for hydroxylation is 2. The molecule has 2 heteroatoms. The van der Waals surface area contributed by atoms with Crippen LogP contribution < -0.4 is 0 Å². The number of rotatable bonds is 4. The van der Waals surface area contributed by atoms with Crippen molar-refractivity contribution >= 4 is 14.8 Å². The van der Waals surface area contributed by atoms with Crippen LogP contribution in [0.3, 0.4) is 0 Å². The molecule has 1 aliphatic heterocycles. The highest BCUT2D eigenvalue weighted by atomic mass is 28.3. The Labute approximate surface area is 184 Å². The molecule has 0 atom stereocenters. The van der Waals surface area contributed by atoms with E-state index in [4.69, 9.17) is 0 Å². The minimum Gasteiger partial charge on any atom is -0.255 e. The van der Waals surface area contributed by atoms with Crippen molar-refractivity contribution < 1.29 is 4.58 Å². The van der Waals surface area contributed by atoms with Crippen LogP contribution in [0.25, 0.3) is 11.1 Å². The molecule has 0 N–H and O–H groups in total. The second-order valence-electron chi connectivity index (χ2n) is 10.9. The number of hydrogen-bond donors (Lipinski definition) is 0. The lowest BCUT2D eigenvalue weighted by Crippen LogP contribution is -2.31. The van der Waals surface area contributed by atoms with E-state index in [2.05, 4.69) is 120 Å². The Bertz CT molecular complexity index is 1010. The fourth-order valence-corrected chi connectivity index (χ4v) is 5.95. The first-order chi connectivity index (χ1) is 13.9. The normalized spacial score (nSPS) is 15.2. The lowest BCUT2D eigenvalue weighted by Gasteiger charge is -2.34. The van der Waals surface area contributed by atoms with Gasteiger partial charge in [0.05, 0.1) is 14.8 Å². The quantitative estimate of drug-likeness (QED) is 0.273. The van der Waals surface area contributed by atoms with Gasteiger partial charge in [-0.05, 0) is 46.7 Å². The summed E-state index contributed by atoms with van der Waals surface area (Å²) in [5.41, 5.74) is 8.19. The van der Waals surface area contributed by atoms with E-state index in [0.717, 1.165) is 6.42 Å². The molecule has 0 saturated carbocycles. The molecule has 0 bridgehead atoms. The molecule has 158 valence electrons. The van der Waals surface area contributed by atoms with Crippen LogP contribution in [0.15, 0.2) is 65.5 Å². The summed E-state index contributed by atoms with van der Waals surface area (Å²) >= 11 is 0. The Morgan fingerprint density at radius 2 is 1.60 bits per heavy atom. The van der Waals surface area contributed by atoms with Gasteiger partial charge < -0.3 is 0 Å². The SMILES string of the molecule is C=[N+]1C=C([Si](C)(C)C)C(CC(C)(C)C)=C[C-]1c1cc(C)c(-c2ccccc2)cc1C. The molecule has 30 heavy (non-hydrogen) atoms. The lowest BCUT2D eigenvalue weighted by atomic mass is 9.84. The van der Waals surface area contributed by atoms with Crippen molar-refractivity contribution in [2.75, 3.05) is 0 Å². The van der Waals surface area contributed by atoms with E-state index < -0.39 is 8.07 Å². The Morgan fingerprint density at radius 1 is 0.967 bits per heavy atom. The third-order valence-electron chi connectivity index (χ3n) is 5.71. The molecule has 1 nitrogen and oxygen atoms in total. The monoisotopic (exact) mass is 415 g/mol. The molecule has 2 aromatic carbocycles. The van der Waals surface area contributed by atoms with Crippen LogP contribution in [0.2, 0.25) is 19.6 Å². The van der Waals surface area contributed by atoms with Crippen molar-refractivity contribution in [3.8, 4) is 11.1 Å². The molecule has 1 heterocycles. The van der Waals surface area contributed by atoms with E-state index in [1.54, 1.807) is 0 Å². The summed E-state index contributed by atoms with van der Waals surface area (Å²) in [7, 11) is -1.47. The molecule has 3 rings (SSSR count). The maximum absolute atomic E-state index is 4.40. The molecule has 0 radical (unpaired) electrons. The zero-order chi connectivity index (χ0) is 22.3. The summed E-state index contributed by atoms with van der Waals surface area (Å²) in [6.07, 6.45) is 5.80. The third-order valence-corrected chi connectivity index (χ3v) is 7.78. The summed E-state index contributed by atoms with van der Waals surface area (Å²) in [5.74, 6) is 0. The zero-order valence-corrected chi connectivity index (χ0v) is 21.1. The molecule has 0 fully saturated rings. The molecular weight excluding hydrogens is 378 g/mol. The average Bonchev–Trinajstić information content (AvgIpc) is 2.63. The number of hydrogen-bond acceptors (Lipinski definition) is 0. The van der Waals surface area contributed by atoms with Gasteiger partial charge in [-0.3, -0.25) is 4.58 Å². The van der Waals surface area contributed by atoms with Crippen LogP contribution >= 0.6 is 0 Å². The highest BCUT2D eigenvalue weighted by Crippen LogP contribution is 2.39. The van der Waals surface area contributed by atoms with Crippen molar-refractivity contribution in [2.45, 2.75) is 60.7 Å². The molecule has 0 unspecified atom stereocenters. The molecule has 1 aliphatic rings. The van der Waals surface area contributed by atoms with Gasteiger partial charge in [0.1, 0.15) is 12.2 Å². The standard InChI is InChI=1S/C28H37NSi/c1-20-16-25(21(2)15-24(20)22-13-11-10-12-14-22)26-17-23(18-28(3,4)5)27(19-29(26)6)30(7,8)9/h10-17,19H,6,18H2,1-5,7-9H3. The molecule has 2 aromatic rings. The minimum atomic E-state index is -1.47. The number of allylic oxidation sites excluding steroid dienone is 2. The van der Waals surface area contributed by atoms with Crippen molar-refractivity contribution in [1.82, 2.24) is 0 Å². The summed E-state index contributed by atoms with van der Waals surface area (Å²) in [6.45, 7) is 23.1. The maximum atomic E-state index is 4.40. The predicted molar refractivity (Wildman–Crippen MR) is 135 cm³/mol. The van der Waals surface area contributed by atoms with Crippen LogP contribution in [0.5, 0.6) is 0 Å². The largest absolute Gasteiger partial charge is 0.255 e. The summed E-state index contributed by atoms with van der Waals surface area (Å²) in [5, 5.41) is 1.52. The van der Waals surface area contributed by atoms with Gasteiger partial charge in [0.25, 0.3) is 0 Å². The second kappa shape index (κ2) is 8.07. The van der Waals surface area contributed by atoms with Gasteiger partial charge >= 0.3 is 0 Å².